The summed E-state index contributed by atoms with van der Waals surface area (Å²) in [6.45, 7) is 0.860. The summed E-state index contributed by atoms with van der Waals surface area (Å²) in [5.74, 6) is 0.232. The SMILES string of the molecule is O=C1C=C(NCCc2ccoc2)CC1. The third kappa shape index (κ3) is 2.25. The Morgan fingerprint density at radius 3 is 3.00 bits per heavy atom. The highest BCUT2D eigenvalue weighted by molar-refractivity contribution is 5.92. The Morgan fingerprint density at radius 2 is 2.36 bits per heavy atom. The number of nitrogens with one attached hydrogen (secondary N) is 1. The summed E-state index contributed by atoms with van der Waals surface area (Å²) in [6.07, 6.45) is 7.58. The molecule has 0 bridgehead atoms. The van der Waals surface area contributed by atoms with Crippen molar-refractivity contribution in [1.82, 2.24) is 5.32 Å². The molecule has 1 aliphatic carbocycles. The second-order valence-electron chi connectivity index (χ2n) is 3.44. The van der Waals surface area contributed by atoms with Crippen LogP contribution >= 0.6 is 0 Å². The molecule has 3 nitrogen and oxygen atoms in total. The topological polar surface area (TPSA) is 42.2 Å². The van der Waals surface area contributed by atoms with Crippen molar-refractivity contribution in [2.24, 2.45) is 0 Å². The standard InChI is InChI=1S/C11H13NO2/c13-11-2-1-10(7-11)12-5-3-9-4-6-14-8-9/h4,6-8,12H,1-3,5H2. The number of hydrogen-bond acceptors (Lipinski definition) is 3. The van der Waals surface area contributed by atoms with Crippen LogP contribution in [0, 0.1) is 0 Å². The number of carbonyl (C=O) groups is 1. The molecule has 74 valence electrons. The lowest BCUT2D eigenvalue weighted by Gasteiger charge is -2.04. The molecule has 0 amide bonds. The highest BCUT2D eigenvalue weighted by Crippen LogP contribution is 2.11. The first-order chi connectivity index (χ1) is 6.84. The molecule has 14 heavy (non-hydrogen) atoms. The zero-order valence-electron chi connectivity index (χ0n) is 7.95. The van der Waals surface area contributed by atoms with Crippen LogP contribution in [0.3, 0.4) is 0 Å². The van der Waals surface area contributed by atoms with Crippen molar-refractivity contribution in [2.45, 2.75) is 19.3 Å². The van der Waals surface area contributed by atoms with Crippen molar-refractivity contribution >= 4 is 5.78 Å². The summed E-state index contributed by atoms with van der Waals surface area (Å²) in [6, 6.07) is 1.95. The van der Waals surface area contributed by atoms with E-state index in [0.717, 1.165) is 25.1 Å². The quantitative estimate of drug-likeness (QED) is 0.787. The van der Waals surface area contributed by atoms with E-state index in [2.05, 4.69) is 5.32 Å². The number of rotatable bonds is 4. The fourth-order valence-corrected chi connectivity index (χ4v) is 1.54. The monoisotopic (exact) mass is 191 g/mol. The minimum atomic E-state index is 0.232. The molecule has 1 N–H and O–H groups in total. The Balaban J connectivity index is 1.73. The van der Waals surface area contributed by atoms with E-state index in [0.29, 0.717) is 6.42 Å². The van der Waals surface area contributed by atoms with Gasteiger partial charge in [-0.1, -0.05) is 0 Å². The van der Waals surface area contributed by atoms with Gasteiger partial charge in [0, 0.05) is 24.7 Å². The molecule has 1 aliphatic rings. The van der Waals surface area contributed by atoms with Gasteiger partial charge >= 0.3 is 0 Å². The van der Waals surface area contributed by atoms with Gasteiger partial charge in [0.05, 0.1) is 12.5 Å². The molecular formula is C11H13NO2. The summed E-state index contributed by atoms with van der Waals surface area (Å²) in [4.78, 5) is 10.9. The Labute approximate surface area is 82.8 Å². The lowest BCUT2D eigenvalue weighted by atomic mass is 10.2. The second-order valence-corrected chi connectivity index (χ2v) is 3.44. The molecule has 0 aliphatic heterocycles. The minimum absolute atomic E-state index is 0.232. The van der Waals surface area contributed by atoms with Crippen LogP contribution in [0.25, 0.3) is 0 Å². The molecule has 0 spiro atoms. The predicted molar refractivity (Wildman–Crippen MR) is 52.7 cm³/mol. The van der Waals surface area contributed by atoms with Gasteiger partial charge in [0.1, 0.15) is 0 Å². The van der Waals surface area contributed by atoms with E-state index < -0.39 is 0 Å². The zero-order valence-corrected chi connectivity index (χ0v) is 7.95. The molecule has 0 saturated carbocycles. The van der Waals surface area contributed by atoms with E-state index in [1.165, 1.54) is 5.56 Å². The summed E-state index contributed by atoms with van der Waals surface area (Å²) in [5.41, 5.74) is 2.25. The van der Waals surface area contributed by atoms with Crippen LogP contribution in [0.2, 0.25) is 0 Å². The third-order valence-corrected chi connectivity index (χ3v) is 2.32. The first-order valence-corrected chi connectivity index (χ1v) is 4.83. The fraction of sp³-hybridized carbons (Fsp3) is 0.364. The normalized spacial score (nSPS) is 15.7. The van der Waals surface area contributed by atoms with Gasteiger partial charge in [-0.2, -0.15) is 0 Å². The summed E-state index contributed by atoms with van der Waals surface area (Å²) < 4.78 is 4.96. The van der Waals surface area contributed by atoms with Crippen molar-refractivity contribution in [1.29, 1.82) is 0 Å². The second kappa shape index (κ2) is 4.13. The number of allylic oxidation sites excluding steroid dienone is 2. The molecule has 0 fully saturated rings. The summed E-state index contributed by atoms with van der Waals surface area (Å²) >= 11 is 0. The first-order valence-electron chi connectivity index (χ1n) is 4.83. The molecule has 3 heteroatoms. The highest BCUT2D eigenvalue weighted by Gasteiger charge is 2.10. The smallest absolute Gasteiger partial charge is 0.157 e. The highest BCUT2D eigenvalue weighted by atomic mass is 16.3. The average Bonchev–Trinajstić information content (AvgIpc) is 2.77. The maximum absolute atomic E-state index is 10.9. The van der Waals surface area contributed by atoms with E-state index in [-0.39, 0.29) is 5.78 Å². The summed E-state index contributed by atoms with van der Waals surface area (Å²) in [7, 11) is 0. The molecule has 0 atom stereocenters. The van der Waals surface area contributed by atoms with Crippen LogP contribution in [0.1, 0.15) is 18.4 Å². The molecule has 1 aromatic heterocycles. The van der Waals surface area contributed by atoms with E-state index in [4.69, 9.17) is 4.42 Å². The molecular weight excluding hydrogens is 178 g/mol. The predicted octanol–water partition coefficient (Wildman–Crippen LogP) is 1.66. The van der Waals surface area contributed by atoms with Gasteiger partial charge in [-0.05, 0) is 24.5 Å². The Hall–Kier alpha value is -1.51. The maximum Gasteiger partial charge on any atom is 0.157 e. The van der Waals surface area contributed by atoms with Gasteiger partial charge in [0.2, 0.25) is 0 Å². The minimum Gasteiger partial charge on any atom is -0.472 e. The Bertz CT molecular complexity index is 338. The largest absolute Gasteiger partial charge is 0.472 e. The maximum atomic E-state index is 10.9. The van der Waals surface area contributed by atoms with Crippen LogP contribution < -0.4 is 5.32 Å². The van der Waals surface area contributed by atoms with Gasteiger partial charge in [0.15, 0.2) is 5.78 Å². The first kappa shape index (κ1) is 9.06. The lowest BCUT2D eigenvalue weighted by molar-refractivity contribution is -0.114. The number of ketones is 1. The van der Waals surface area contributed by atoms with Crippen molar-refractivity contribution in [2.75, 3.05) is 6.54 Å². The van der Waals surface area contributed by atoms with E-state index in [9.17, 15) is 4.79 Å². The van der Waals surface area contributed by atoms with Gasteiger partial charge in [-0.15, -0.1) is 0 Å². The molecule has 0 radical (unpaired) electrons. The van der Waals surface area contributed by atoms with Gasteiger partial charge in [-0.3, -0.25) is 4.79 Å². The molecule has 2 rings (SSSR count). The van der Waals surface area contributed by atoms with Crippen molar-refractivity contribution < 1.29 is 9.21 Å². The zero-order chi connectivity index (χ0) is 9.80. The van der Waals surface area contributed by atoms with Crippen molar-refractivity contribution in [3.8, 4) is 0 Å². The number of carbonyl (C=O) groups excluding carboxylic acids is 1. The van der Waals surface area contributed by atoms with E-state index in [1.54, 1.807) is 18.6 Å². The van der Waals surface area contributed by atoms with Crippen LogP contribution in [0.5, 0.6) is 0 Å². The average molecular weight is 191 g/mol. The Kier molecular flexibility index (Phi) is 2.68. The molecule has 1 aromatic rings. The summed E-state index contributed by atoms with van der Waals surface area (Å²) in [5, 5.41) is 3.25. The van der Waals surface area contributed by atoms with Crippen molar-refractivity contribution in [3.05, 3.63) is 35.9 Å². The number of furan rings is 1. The molecule has 1 heterocycles. The van der Waals surface area contributed by atoms with Crippen LogP contribution in [0.4, 0.5) is 0 Å². The van der Waals surface area contributed by atoms with E-state index in [1.807, 2.05) is 6.07 Å². The van der Waals surface area contributed by atoms with E-state index >= 15 is 0 Å². The van der Waals surface area contributed by atoms with Crippen LogP contribution in [-0.2, 0) is 11.2 Å². The fourth-order valence-electron chi connectivity index (χ4n) is 1.54. The number of hydrogen-bond donors (Lipinski definition) is 1. The van der Waals surface area contributed by atoms with Gasteiger partial charge < -0.3 is 9.73 Å². The third-order valence-electron chi connectivity index (χ3n) is 2.32. The van der Waals surface area contributed by atoms with Crippen LogP contribution in [0.15, 0.2) is 34.8 Å². The molecule has 0 aromatic carbocycles. The lowest BCUT2D eigenvalue weighted by Crippen LogP contribution is -2.15. The molecule has 0 unspecified atom stereocenters. The molecule has 0 saturated heterocycles. The van der Waals surface area contributed by atoms with Crippen molar-refractivity contribution in [3.63, 3.8) is 0 Å². The Morgan fingerprint density at radius 1 is 1.43 bits per heavy atom. The van der Waals surface area contributed by atoms with Gasteiger partial charge in [0.25, 0.3) is 0 Å². The van der Waals surface area contributed by atoms with Gasteiger partial charge in [-0.25, -0.2) is 0 Å². The van der Waals surface area contributed by atoms with Crippen LogP contribution in [-0.4, -0.2) is 12.3 Å².